The van der Waals surface area contributed by atoms with E-state index in [4.69, 9.17) is 11.6 Å². The number of hydrogen-bond acceptors (Lipinski definition) is 4. The standard InChI is InChI=1S/C13H15ClF2N2O3S.ClH/c14-11-3-10(1-2-12(11)21-13(15)16)22(19,20)18-6-8-4-17-5-9(8)7-18;/h1-3,8-9,13,17H,4-7H2;1H/t8-,9+;. The Morgan fingerprint density at radius 3 is 2.39 bits per heavy atom. The average molecular weight is 389 g/mol. The van der Waals surface area contributed by atoms with Gasteiger partial charge in [0.2, 0.25) is 10.0 Å². The minimum Gasteiger partial charge on any atom is -0.433 e. The lowest BCUT2D eigenvalue weighted by Crippen LogP contribution is -2.31. The van der Waals surface area contributed by atoms with Crippen LogP contribution in [0.4, 0.5) is 8.78 Å². The minimum absolute atomic E-state index is 0. The normalized spacial score (nSPS) is 24.5. The first-order chi connectivity index (χ1) is 10.4. The van der Waals surface area contributed by atoms with Crippen molar-refractivity contribution in [3.63, 3.8) is 0 Å². The fourth-order valence-corrected chi connectivity index (χ4v) is 4.86. The summed E-state index contributed by atoms with van der Waals surface area (Å²) in [6.07, 6.45) is 0. The maximum Gasteiger partial charge on any atom is 0.387 e. The Bertz CT molecular complexity index is 663. The molecule has 0 unspecified atom stereocenters. The number of benzene rings is 1. The highest BCUT2D eigenvalue weighted by molar-refractivity contribution is 7.89. The maximum atomic E-state index is 12.6. The van der Waals surface area contributed by atoms with E-state index in [0.29, 0.717) is 24.9 Å². The van der Waals surface area contributed by atoms with Gasteiger partial charge in [0.05, 0.1) is 9.92 Å². The summed E-state index contributed by atoms with van der Waals surface area (Å²) in [5.41, 5.74) is 0. The lowest BCUT2D eigenvalue weighted by Gasteiger charge is -2.18. The van der Waals surface area contributed by atoms with Crippen molar-refractivity contribution in [3.05, 3.63) is 23.2 Å². The summed E-state index contributed by atoms with van der Waals surface area (Å²) in [7, 11) is -3.67. The lowest BCUT2D eigenvalue weighted by atomic mass is 10.0. The Hall–Kier alpha value is -0.670. The van der Waals surface area contributed by atoms with Crippen LogP contribution in [0.1, 0.15) is 0 Å². The monoisotopic (exact) mass is 388 g/mol. The van der Waals surface area contributed by atoms with E-state index in [1.807, 2.05) is 0 Å². The molecule has 0 spiro atoms. The van der Waals surface area contributed by atoms with Crippen LogP contribution in [0.15, 0.2) is 23.1 Å². The molecule has 0 saturated carbocycles. The Labute approximate surface area is 144 Å². The third-order valence-electron chi connectivity index (χ3n) is 4.11. The van der Waals surface area contributed by atoms with Crippen LogP contribution in [0.25, 0.3) is 0 Å². The molecule has 0 radical (unpaired) electrons. The summed E-state index contributed by atoms with van der Waals surface area (Å²) in [5, 5.41) is 3.09. The highest BCUT2D eigenvalue weighted by Gasteiger charge is 2.41. The second-order valence-electron chi connectivity index (χ2n) is 5.47. The van der Waals surface area contributed by atoms with E-state index in [-0.39, 0.29) is 28.1 Å². The summed E-state index contributed by atoms with van der Waals surface area (Å²) in [6.45, 7) is -0.442. The fraction of sp³-hybridized carbons (Fsp3) is 0.538. The van der Waals surface area contributed by atoms with Crippen LogP contribution in [0.5, 0.6) is 5.75 Å². The number of alkyl halides is 2. The third kappa shape index (κ3) is 3.71. The number of nitrogens with one attached hydrogen (secondary N) is 1. The van der Waals surface area contributed by atoms with Crippen molar-refractivity contribution in [1.29, 1.82) is 0 Å². The van der Waals surface area contributed by atoms with E-state index in [1.54, 1.807) is 0 Å². The van der Waals surface area contributed by atoms with Crippen molar-refractivity contribution >= 4 is 34.0 Å². The Kier molecular flexibility index (Phi) is 5.73. The van der Waals surface area contributed by atoms with Crippen molar-refractivity contribution in [2.24, 2.45) is 11.8 Å². The van der Waals surface area contributed by atoms with E-state index in [0.717, 1.165) is 25.2 Å². The second kappa shape index (κ2) is 7.06. The van der Waals surface area contributed by atoms with Crippen molar-refractivity contribution in [2.75, 3.05) is 26.2 Å². The number of hydrogen-bond donors (Lipinski definition) is 1. The van der Waals surface area contributed by atoms with E-state index in [9.17, 15) is 17.2 Å². The topological polar surface area (TPSA) is 58.6 Å². The van der Waals surface area contributed by atoms with Crippen LogP contribution in [-0.2, 0) is 10.0 Å². The summed E-state index contributed by atoms with van der Waals surface area (Å²) in [6, 6.07) is 3.55. The van der Waals surface area contributed by atoms with Gasteiger partial charge in [-0.3, -0.25) is 0 Å². The quantitative estimate of drug-likeness (QED) is 0.858. The molecule has 0 aromatic heterocycles. The van der Waals surface area contributed by atoms with Gasteiger partial charge in [-0.25, -0.2) is 8.42 Å². The molecule has 23 heavy (non-hydrogen) atoms. The summed E-state index contributed by atoms with van der Waals surface area (Å²) in [5.74, 6) is 0.413. The van der Waals surface area contributed by atoms with Gasteiger partial charge in [0.1, 0.15) is 5.75 Å². The van der Waals surface area contributed by atoms with Crippen LogP contribution in [-0.4, -0.2) is 45.5 Å². The van der Waals surface area contributed by atoms with Gasteiger partial charge in [-0.2, -0.15) is 13.1 Å². The molecule has 0 bridgehead atoms. The first kappa shape index (κ1) is 18.7. The lowest BCUT2D eigenvalue weighted by molar-refractivity contribution is -0.0498. The smallest absolute Gasteiger partial charge is 0.387 e. The van der Waals surface area contributed by atoms with Gasteiger partial charge in [0.15, 0.2) is 0 Å². The van der Waals surface area contributed by atoms with E-state index < -0.39 is 16.6 Å². The zero-order valence-corrected chi connectivity index (χ0v) is 14.3. The number of sulfonamides is 1. The van der Waals surface area contributed by atoms with Crippen LogP contribution in [0, 0.1) is 11.8 Å². The average Bonchev–Trinajstić information content (AvgIpc) is 3.01. The molecule has 1 N–H and O–H groups in total. The van der Waals surface area contributed by atoms with Crippen LogP contribution in [0.2, 0.25) is 5.02 Å². The molecule has 3 rings (SSSR count). The zero-order valence-electron chi connectivity index (χ0n) is 11.9. The van der Waals surface area contributed by atoms with Gasteiger partial charge in [-0.15, -0.1) is 12.4 Å². The first-order valence-corrected chi connectivity index (χ1v) is 8.65. The molecule has 2 atom stereocenters. The molecule has 130 valence electrons. The molecule has 1 aromatic rings. The highest BCUT2D eigenvalue weighted by Crippen LogP contribution is 2.33. The number of rotatable bonds is 4. The van der Waals surface area contributed by atoms with Gasteiger partial charge in [-0.05, 0) is 43.1 Å². The second-order valence-corrected chi connectivity index (χ2v) is 7.82. The molecule has 0 amide bonds. The van der Waals surface area contributed by atoms with Gasteiger partial charge >= 0.3 is 6.61 Å². The number of fused-ring (bicyclic) bond motifs is 1. The predicted molar refractivity (Wildman–Crippen MR) is 83.9 cm³/mol. The molecule has 2 aliphatic heterocycles. The molecule has 5 nitrogen and oxygen atoms in total. The summed E-state index contributed by atoms with van der Waals surface area (Å²) in [4.78, 5) is -0.00736. The molecule has 10 heteroatoms. The number of nitrogens with zero attached hydrogens (tertiary/aromatic N) is 1. The van der Waals surface area contributed by atoms with Gasteiger partial charge < -0.3 is 10.1 Å². The molecule has 0 aliphatic carbocycles. The molecular formula is C13H16Cl2F2N2O3S. The zero-order chi connectivity index (χ0) is 15.9. The fourth-order valence-electron chi connectivity index (χ4n) is 2.99. The van der Waals surface area contributed by atoms with Gasteiger partial charge in [0, 0.05) is 13.1 Å². The molecule has 2 aliphatic rings. The van der Waals surface area contributed by atoms with Crippen LogP contribution < -0.4 is 10.1 Å². The maximum absolute atomic E-state index is 12.6. The van der Waals surface area contributed by atoms with E-state index in [2.05, 4.69) is 10.1 Å². The van der Waals surface area contributed by atoms with Gasteiger partial charge in [-0.1, -0.05) is 11.6 Å². The number of halogens is 4. The van der Waals surface area contributed by atoms with E-state index >= 15 is 0 Å². The van der Waals surface area contributed by atoms with Crippen molar-refractivity contribution in [1.82, 2.24) is 9.62 Å². The number of ether oxygens (including phenoxy) is 1. The van der Waals surface area contributed by atoms with Crippen molar-refractivity contribution < 1.29 is 21.9 Å². The molecule has 1 aromatic carbocycles. The Morgan fingerprint density at radius 2 is 1.87 bits per heavy atom. The first-order valence-electron chi connectivity index (χ1n) is 6.83. The van der Waals surface area contributed by atoms with Gasteiger partial charge in [0.25, 0.3) is 0 Å². The van der Waals surface area contributed by atoms with Crippen molar-refractivity contribution in [2.45, 2.75) is 11.5 Å². The molecule has 2 fully saturated rings. The Morgan fingerprint density at radius 1 is 1.26 bits per heavy atom. The summed E-state index contributed by atoms with van der Waals surface area (Å²) >= 11 is 5.83. The largest absolute Gasteiger partial charge is 0.433 e. The van der Waals surface area contributed by atoms with Crippen molar-refractivity contribution in [3.8, 4) is 5.75 Å². The SMILES string of the molecule is Cl.O=S(=O)(c1ccc(OC(F)F)c(Cl)c1)N1C[C@H]2CNC[C@H]2C1. The predicted octanol–water partition coefficient (Wildman–Crippen LogP) is 2.20. The van der Waals surface area contributed by atoms with Crippen LogP contribution in [0.3, 0.4) is 0 Å². The minimum atomic E-state index is -3.67. The highest BCUT2D eigenvalue weighted by atomic mass is 35.5. The molecule has 2 saturated heterocycles. The molecule has 2 heterocycles. The van der Waals surface area contributed by atoms with E-state index in [1.165, 1.54) is 10.4 Å². The third-order valence-corrected chi connectivity index (χ3v) is 6.24. The van der Waals surface area contributed by atoms with Crippen LogP contribution >= 0.6 is 24.0 Å². The Balaban J connectivity index is 0.00000192. The summed E-state index contributed by atoms with van der Waals surface area (Å²) < 4.78 is 55.3. The molecular weight excluding hydrogens is 373 g/mol.